The Balaban J connectivity index is 1.16. The molecular formula is C49H69N9O16. The lowest BCUT2D eigenvalue weighted by atomic mass is 9.99. The molecule has 2 aliphatic heterocycles. The molecule has 74 heavy (non-hydrogen) atoms. The molecule has 1 aliphatic carbocycles. The maximum Gasteiger partial charge on any atom is 0.326 e. The highest BCUT2D eigenvalue weighted by molar-refractivity contribution is 5.91. The van der Waals surface area contributed by atoms with E-state index >= 15 is 0 Å². The van der Waals surface area contributed by atoms with Crippen molar-refractivity contribution in [2.75, 3.05) is 98.4 Å². The zero-order valence-electron chi connectivity index (χ0n) is 41.3. The highest BCUT2D eigenvalue weighted by atomic mass is 16.5. The maximum atomic E-state index is 14.3. The smallest absolute Gasteiger partial charge is 0.326 e. The average Bonchev–Trinajstić information content (AvgIpc) is 3.90. The third kappa shape index (κ3) is 19.1. The van der Waals surface area contributed by atoms with E-state index in [-0.39, 0.29) is 101 Å². The minimum Gasteiger partial charge on any atom is -0.481 e. The quantitative estimate of drug-likeness (QED) is 0.0296. The van der Waals surface area contributed by atoms with Gasteiger partial charge in [-0.1, -0.05) is 42.5 Å². The van der Waals surface area contributed by atoms with Gasteiger partial charge in [0.25, 0.3) is 12.9 Å². The summed E-state index contributed by atoms with van der Waals surface area (Å²) in [5.74, 6) is -5.90. The number of carboxylic acid groups (broad SMARTS) is 4. The van der Waals surface area contributed by atoms with Crippen LogP contribution in [0.4, 0.5) is 4.79 Å². The van der Waals surface area contributed by atoms with Gasteiger partial charge in [-0.3, -0.25) is 58.0 Å². The predicted molar refractivity (Wildman–Crippen MR) is 262 cm³/mol. The van der Waals surface area contributed by atoms with Gasteiger partial charge in [0, 0.05) is 97.2 Å². The summed E-state index contributed by atoms with van der Waals surface area (Å²) >= 11 is 0. The molecule has 25 nitrogen and oxygen atoms in total. The van der Waals surface area contributed by atoms with Crippen molar-refractivity contribution in [1.29, 1.82) is 0 Å². The normalized spacial score (nSPS) is 20.4. The molecule has 0 radical (unpaired) electrons. The standard InChI is InChI=1S/C49H69N9O16/c59-31-73-30-57-19-17-54(13-14-55(28-44(64)65)15-16-56(18-20-57)29-45(66)67)27-41(61)51-25-34-22-37-26-58(47(69)38(37)23-34)40(24-33-8-9-35-5-1-2-6-36(35)21-33)46(68)50-12-4-3-7-42(74-32-60)53-49(72)52-39(48(70)71)10-11-43(62)63/h1-2,5-6,8-9,21,31-32,34,37-40,42H,3-4,7,10-20,22-30H2,(H,50,68)(H,51,61)(H,62,63)(H,64,65)(H,66,67)(H,70,71)(H2,52,53,72)/t34?,37?,38?,39-,40-,42+/m0/s1. The predicted octanol–water partition coefficient (Wildman–Crippen LogP) is -0.724. The Labute approximate surface area is 427 Å². The molecule has 0 aromatic heterocycles. The van der Waals surface area contributed by atoms with Crippen molar-refractivity contribution in [1.82, 2.24) is 45.8 Å². The number of likely N-dealkylation sites (tertiary alicyclic amines) is 1. The second kappa shape index (κ2) is 29.7. The number of fused-ring (bicyclic) bond motifs is 2. The molecule has 25 heteroatoms. The average molecular weight is 1040 g/mol. The fourth-order valence-corrected chi connectivity index (χ4v) is 9.80. The highest BCUT2D eigenvalue weighted by Gasteiger charge is 2.49. The number of ether oxygens (including phenoxy) is 2. The van der Waals surface area contributed by atoms with Crippen LogP contribution in [0.3, 0.4) is 0 Å². The van der Waals surface area contributed by atoms with Gasteiger partial charge in [0.1, 0.15) is 18.8 Å². The zero-order chi connectivity index (χ0) is 53.6. The van der Waals surface area contributed by atoms with Crippen molar-refractivity contribution >= 4 is 71.3 Å². The summed E-state index contributed by atoms with van der Waals surface area (Å²) in [5.41, 5.74) is 0.858. The Kier molecular flexibility index (Phi) is 23.2. The van der Waals surface area contributed by atoms with Gasteiger partial charge in [-0.05, 0) is 60.3 Å². The van der Waals surface area contributed by atoms with Crippen molar-refractivity contribution < 1.29 is 77.8 Å². The van der Waals surface area contributed by atoms with E-state index in [1.165, 1.54) is 0 Å². The molecule has 3 unspecified atom stereocenters. The lowest BCUT2D eigenvalue weighted by Gasteiger charge is -2.33. The minimum absolute atomic E-state index is 0.0000165. The summed E-state index contributed by atoms with van der Waals surface area (Å²) in [6, 6.07) is 10.4. The number of amides is 5. The first-order valence-corrected chi connectivity index (χ1v) is 24.8. The van der Waals surface area contributed by atoms with Crippen LogP contribution in [0, 0.1) is 17.8 Å². The van der Waals surface area contributed by atoms with Crippen LogP contribution in [0.25, 0.3) is 10.8 Å². The number of hydrogen-bond donors (Lipinski definition) is 8. The number of carboxylic acids is 4. The van der Waals surface area contributed by atoms with Gasteiger partial charge < -0.3 is 56.1 Å². The number of urea groups is 1. The van der Waals surface area contributed by atoms with Gasteiger partial charge >= 0.3 is 29.9 Å². The van der Waals surface area contributed by atoms with Crippen molar-refractivity contribution in [2.45, 2.75) is 69.7 Å². The maximum absolute atomic E-state index is 14.3. The Morgan fingerprint density at radius 3 is 1.93 bits per heavy atom. The second-order valence-electron chi connectivity index (χ2n) is 19.0. The number of carbonyl (C=O) groups excluding carboxylic acids is 6. The highest BCUT2D eigenvalue weighted by Crippen LogP contribution is 2.43. The Morgan fingerprint density at radius 2 is 1.34 bits per heavy atom. The number of unbranched alkanes of at least 4 members (excludes halogenated alkanes) is 1. The van der Waals surface area contributed by atoms with E-state index in [1.807, 2.05) is 52.3 Å². The van der Waals surface area contributed by atoms with E-state index in [4.69, 9.17) is 14.6 Å². The molecule has 6 atom stereocenters. The van der Waals surface area contributed by atoms with Crippen LogP contribution in [0.2, 0.25) is 0 Å². The third-order valence-electron chi connectivity index (χ3n) is 13.6. The van der Waals surface area contributed by atoms with Crippen molar-refractivity contribution in [2.24, 2.45) is 17.8 Å². The molecule has 3 fully saturated rings. The molecule has 1 saturated carbocycles. The van der Waals surface area contributed by atoms with Gasteiger partial charge in [0.2, 0.25) is 17.7 Å². The molecule has 8 N–H and O–H groups in total. The summed E-state index contributed by atoms with van der Waals surface area (Å²) in [4.78, 5) is 131. The third-order valence-corrected chi connectivity index (χ3v) is 13.6. The lowest BCUT2D eigenvalue weighted by Crippen LogP contribution is -2.50. The molecule has 2 heterocycles. The largest absolute Gasteiger partial charge is 0.481 e. The van der Waals surface area contributed by atoms with Crippen LogP contribution < -0.4 is 21.3 Å². The summed E-state index contributed by atoms with van der Waals surface area (Å²) in [5, 5.41) is 49.8. The number of aliphatic carboxylic acids is 4. The molecule has 2 aromatic rings. The number of nitrogens with one attached hydrogen (secondary N) is 4. The monoisotopic (exact) mass is 1040 g/mol. The zero-order valence-corrected chi connectivity index (χ0v) is 41.3. The van der Waals surface area contributed by atoms with E-state index in [1.54, 1.807) is 14.7 Å². The summed E-state index contributed by atoms with van der Waals surface area (Å²) in [7, 11) is 0. The Morgan fingerprint density at radius 1 is 0.703 bits per heavy atom. The van der Waals surface area contributed by atoms with Crippen molar-refractivity contribution in [3.05, 3.63) is 48.0 Å². The fraction of sp³-hybridized carbons (Fsp3) is 0.592. The van der Waals surface area contributed by atoms with Gasteiger partial charge in [0.05, 0.1) is 19.6 Å². The van der Waals surface area contributed by atoms with Gasteiger partial charge in [-0.25, -0.2) is 9.59 Å². The van der Waals surface area contributed by atoms with E-state index in [9.17, 15) is 63.3 Å². The van der Waals surface area contributed by atoms with Crippen LogP contribution in [0.1, 0.15) is 50.5 Å². The summed E-state index contributed by atoms with van der Waals surface area (Å²) < 4.78 is 9.98. The molecular weight excluding hydrogens is 971 g/mol. The number of rotatable bonds is 28. The van der Waals surface area contributed by atoms with Crippen molar-refractivity contribution in [3.63, 3.8) is 0 Å². The van der Waals surface area contributed by atoms with Crippen molar-refractivity contribution in [3.8, 4) is 0 Å². The molecule has 5 amide bonds. The molecule has 0 bridgehead atoms. The first-order valence-electron chi connectivity index (χ1n) is 24.8. The van der Waals surface area contributed by atoms with Crippen LogP contribution in [0.15, 0.2) is 42.5 Å². The number of nitrogens with zero attached hydrogens (tertiary/aromatic N) is 5. The molecule has 2 saturated heterocycles. The Hall–Kier alpha value is -6.96. The fourth-order valence-electron chi connectivity index (χ4n) is 9.80. The van der Waals surface area contributed by atoms with Gasteiger partial charge in [-0.15, -0.1) is 0 Å². The minimum atomic E-state index is -1.49. The molecule has 3 aliphatic rings. The molecule has 2 aromatic carbocycles. The number of carbonyl (C=O) groups is 10. The van der Waals surface area contributed by atoms with E-state index in [2.05, 4.69) is 21.3 Å². The first kappa shape index (κ1) is 57.9. The Bertz CT molecular complexity index is 2270. The van der Waals surface area contributed by atoms with E-state index in [0.717, 1.165) is 16.3 Å². The number of hydrogen-bond acceptors (Lipinski definition) is 16. The summed E-state index contributed by atoms with van der Waals surface area (Å²) in [6.07, 6.45) is 0.224. The van der Waals surface area contributed by atoms with Gasteiger partial charge in [0.15, 0.2) is 6.23 Å². The first-order chi connectivity index (χ1) is 35.5. The lowest BCUT2D eigenvalue weighted by molar-refractivity contribution is -0.141. The van der Waals surface area contributed by atoms with Crippen LogP contribution >= 0.6 is 0 Å². The van der Waals surface area contributed by atoms with E-state index < -0.39 is 54.6 Å². The topological polar surface area (TPSA) is 334 Å². The molecule has 0 spiro atoms. The summed E-state index contributed by atoms with van der Waals surface area (Å²) in [6.45, 7) is 3.41. The molecule has 406 valence electrons. The van der Waals surface area contributed by atoms with E-state index in [0.29, 0.717) is 91.1 Å². The van der Waals surface area contributed by atoms with Crippen LogP contribution in [-0.4, -0.2) is 222 Å². The van der Waals surface area contributed by atoms with Gasteiger partial charge in [-0.2, -0.15) is 0 Å². The van der Waals surface area contributed by atoms with Crippen LogP contribution in [-0.2, 0) is 59.0 Å². The SMILES string of the molecule is O=COCN1CCN(CC(=O)O)CCN(CC(=O)O)CCN(CC(=O)NCC2CC3CN([C@@H](Cc4ccc5ccccc5c4)C(=O)NCCCC[C@H](NC(=O)N[C@@H](CCC(=O)O)C(=O)O)OC=O)C(=O)C3C2)CC1. The second-order valence-corrected chi connectivity index (χ2v) is 19.0. The van der Waals surface area contributed by atoms with Crippen LogP contribution in [0.5, 0.6) is 0 Å². The number of benzene rings is 2. The molecule has 5 rings (SSSR count).